The monoisotopic (exact) mass is 382 g/mol. The van der Waals surface area contributed by atoms with E-state index in [1.54, 1.807) is 23.1 Å². The van der Waals surface area contributed by atoms with Crippen LogP contribution in [-0.2, 0) is 6.42 Å². The maximum atomic E-state index is 12.4. The SMILES string of the molecule is C=c1nc2c(c(=O)[nH]1)=Nc1cc(C#N)c(C#N)cc1N2CCc1ccc(O)cc1. The number of H-pyrrole nitrogens is 1. The number of nitrogens with one attached hydrogen (secondary N) is 1. The van der Waals surface area contributed by atoms with Gasteiger partial charge in [-0.05, 0) is 36.2 Å². The predicted molar refractivity (Wildman–Crippen MR) is 106 cm³/mol. The Kier molecular flexibility index (Phi) is 4.30. The maximum Gasteiger partial charge on any atom is 0.279 e. The van der Waals surface area contributed by atoms with Crippen LogP contribution in [0.2, 0.25) is 0 Å². The van der Waals surface area contributed by atoms with Crippen molar-refractivity contribution in [1.29, 1.82) is 10.5 Å². The fourth-order valence-corrected chi connectivity index (χ4v) is 3.22. The normalized spacial score (nSPS) is 11.6. The lowest BCUT2D eigenvalue weighted by Crippen LogP contribution is -2.42. The highest BCUT2D eigenvalue weighted by Gasteiger charge is 2.24. The Balaban J connectivity index is 1.88. The van der Waals surface area contributed by atoms with Gasteiger partial charge in [0.15, 0.2) is 11.2 Å². The number of hydrogen-bond donors (Lipinski definition) is 2. The van der Waals surface area contributed by atoms with E-state index in [1.807, 2.05) is 24.3 Å². The van der Waals surface area contributed by atoms with Crippen molar-refractivity contribution in [3.05, 3.63) is 74.3 Å². The molecule has 0 saturated heterocycles. The molecule has 1 aliphatic rings. The minimum atomic E-state index is -0.428. The second-order valence-corrected chi connectivity index (χ2v) is 6.47. The lowest BCUT2D eigenvalue weighted by molar-refractivity contribution is 0.475. The first-order valence-electron chi connectivity index (χ1n) is 8.72. The third kappa shape index (κ3) is 3.20. The fraction of sp³-hybridized carbons (Fsp3) is 0.0952. The molecule has 1 aliphatic heterocycles. The molecule has 2 aromatic carbocycles. The van der Waals surface area contributed by atoms with Gasteiger partial charge in [-0.3, -0.25) is 4.79 Å². The maximum absolute atomic E-state index is 12.4. The smallest absolute Gasteiger partial charge is 0.279 e. The number of fused-ring (bicyclic) bond motifs is 2. The molecule has 0 unspecified atom stereocenters. The van der Waals surface area contributed by atoms with Gasteiger partial charge in [0.2, 0.25) is 0 Å². The van der Waals surface area contributed by atoms with E-state index in [0.717, 1.165) is 5.56 Å². The summed E-state index contributed by atoms with van der Waals surface area (Å²) in [6, 6.07) is 13.9. The number of rotatable bonds is 3. The van der Waals surface area contributed by atoms with Crippen LogP contribution in [0.15, 0.2) is 46.2 Å². The Bertz CT molecular complexity index is 1380. The summed E-state index contributed by atoms with van der Waals surface area (Å²) in [4.78, 5) is 25.5. The van der Waals surface area contributed by atoms with E-state index in [0.29, 0.717) is 30.2 Å². The van der Waals surface area contributed by atoms with Crippen LogP contribution < -0.4 is 21.3 Å². The standard InChI is InChI=1S/C21H14N6O2/c1-12-24-20-19(21(29)25-12)26-17-8-14(10-22)15(11-23)9-18(17)27(20)7-6-13-2-4-16(28)5-3-13/h2-5,8-9,28H,1,6-7H2,(H,25,29). The zero-order valence-corrected chi connectivity index (χ0v) is 15.2. The Labute approximate surface area is 165 Å². The van der Waals surface area contributed by atoms with Crippen LogP contribution >= 0.6 is 0 Å². The molecule has 0 saturated carbocycles. The van der Waals surface area contributed by atoms with Crippen molar-refractivity contribution in [2.45, 2.75) is 6.42 Å². The molecule has 3 aromatic rings. The minimum absolute atomic E-state index is 0.129. The number of aromatic nitrogens is 2. The van der Waals surface area contributed by atoms with Crippen molar-refractivity contribution in [1.82, 2.24) is 9.97 Å². The van der Waals surface area contributed by atoms with Crippen LogP contribution in [0.25, 0.3) is 6.58 Å². The first-order chi connectivity index (χ1) is 14.0. The molecule has 8 heteroatoms. The molecule has 0 radical (unpaired) electrons. The number of aromatic amines is 1. The second kappa shape index (κ2) is 6.95. The van der Waals surface area contributed by atoms with Crippen molar-refractivity contribution < 1.29 is 5.11 Å². The molecule has 0 aliphatic carbocycles. The van der Waals surface area contributed by atoms with Crippen molar-refractivity contribution in [2.75, 3.05) is 11.4 Å². The van der Waals surface area contributed by atoms with E-state index in [-0.39, 0.29) is 27.7 Å². The van der Waals surface area contributed by atoms with Gasteiger partial charge >= 0.3 is 0 Å². The van der Waals surface area contributed by atoms with E-state index in [2.05, 4.69) is 21.5 Å². The van der Waals surface area contributed by atoms with Crippen LogP contribution in [0.5, 0.6) is 5.75 Å². The van der Waals surface area contributed by atoms with Gasteiger partial charge in [-0.25, -0.2) is 9.98 Å². The van der Waals surface area contributed by atoms with E-state index in [4.69, 9.17) is 0 Å². The summed E-state index contributed by atoms with van der Waals surface area (Å²) in [6.07, 6.45) is 0.585. The summed E-state index contributed by atoms with van der Waals surface area (Å²) in [5.41, 5.74) is 2.17. The summed E-state index contributed by atoms with van der Waals surface area (Å²) < 4.78 is 0. The number of hydrogen-bond acceptors (Lipinski definition) is 7. The van der Waals surface area contributed by atoms with Gasteiger partial charge in [0, 0.05) is 6.54 Å². The molecule has 0 bridgehead atoms. The Morgan fingerprint density at radius 3 is 2.52 bits per heavy atom. The Hall–Kier alpha value is -4.43. The van der Waals surface area contributed by atoms with E-state index in [9.17, 15) is 20.4 Å². The molecule has 8 nitrogen and oxygen atoms in total. The van der Waals surface area contributed by atoms with Crippen molar-refractivity contribution in [2.24, 2.45) is 4.99 Å². The fourth-order valence-electron chi connectivity index (χ4n) is 3.22. The van der Waals surface area contributed by atoms with Crippen LogP contribution in [-0.4, -0.2) is 21.6 Å². The molecule has 0 atom stereocenters. The van der Waals surface area contributed by atoms with E-state index in [1.165, 1.54) is 6.07 Å². The quantitative estimate of drug-likeness (QED) is 0.702. The molecule has 4 rings (SSSR count). The summed E-state index contributed by atoms with van der Waals surface area (Å²) in [5.74, 6) is 0.525. The first kappa shape index (κ1) is 18.0. The van der Waals surface area contributed by atoms with Gasteiger partial charge in [-0.15, -0.1) is 0 Å². The highest BCUT2D eigenvalue weighted by atomic mass is 16.3. The van der Waals surface area contributed by atoms with Gasteiger partial charge in [0.05, 0.1) is 22.5 Å². The van der Waals surface area contributed by atoms with Crippen LogP contribution in [0.3, 0.4) is 0 Å². The predicted octanol–water partition coefficient (Wildman–Crippen LogP) is 1.27. The molecule has 0 amide bonds. The summed E-state index contributed by atoms with van der Waals surface area (Å²) in [5, 5.41) is 28.3. The van der Waals surface area contributed by atoms with Crippen LogP contribution in [0.1, 0.15) is 16.7 Å². The number of phenolic OH excluding ortho intramolecular Hbond substituents is 1. The van der Waals surface area contributed by atoms with Crippen molar-refractivity contribution >= 4 is 23.8 Å². The van der Waals surface area contributed by atoms with Crippen molar-refractivity contribution in [3.63, 3.8) is 0 Å². The van der Waals surface area contributed by atoms with Gasteiger partial charge < -0.3 is 15.0 Å². The van der Waals surface area contributed by atoms with Gasteiger partial charge in [0.25, 0.3) is 5.56 Å². The first-order valence-corrected chi connectivity index (χ1v) is 8.72. The molecule has 140 valence electrons. The zero-order valence-electron chi connectivity index (χ0n) is 15.2. The lowest BCUT2D eigenvalue weighted by atomic mass is 10.0. The van der Waals surface area contributed by atoms with Crippen molar-refractivity contribution in [3.8, 4) is 17.9 Å². The second-order valence-electron chi connectivity index (χ2n) is 6.47. The molecule has 1 aromatic heterocycles. The van der Waals surface area contributed by atoms with Crippen LogP contribution in [0.4, 0.5) is 17.2 Å². The summed E-state index contributed by atoms with van der Waals surface area (Å²) in [6.45, 7) is 4.15. The summed E-state index contributed by atoms with van der Waals surface area (Å²) in [7, 11) is 0. The van der Waals surface area contributed by atoms with Gasteiger partial charge in [0.1, 0.15) is 23.4 Å². The largest absolute Gasteiger partial charge is 0.508 e. The third-order valence-corrected chi connectivity index (χ3v) is 4.62. The number of benzene rings is 2. The van der Waals surface area contributed by atoms with E-state index < -0.39 is 5.56 Å². The number of aromatic hydroxyl groups is 1. The third-order valence-electron chi connectivity index (χ3n) is 4.62. The number of nitrogens with zero attached hydrogens (tertiary/aromatic N) is 5. The average molecular weight is 382 g/mol. The van der Waals surface area contributed by atoms with Gasteiger partial charge in [-0.1, -0.05) is 18.7 Å². The molecular formula is C21H14N6O2. The highest BCUT2D eigenvalue weighted by molar-refractivity contribution is 5.79. The highest BCUT2D eigenvalue weighted by Crippen LogP contribution is 2.36. The lowest BCUT2D eigenvalue weighted by Gasteiger charge is -2.28. The Morgan fingerprint density at radius 1 is 1.14 bits per heavy atom. The van der Waals surface area contributed by atoms with Gasteiger partial charge in [-0.2, -0.15) is 10.5 Å². The van der Waals surface area contributed by atoms with E-state index >= 15 is 0 Å². The molecule has 2 heterocycles. The molecule has 0 spiro atoms. The number of phenols is 1. The molecule has 0 fully saturated rings. The Morgan fingerprint density at radius 2 is 1.83 bits per heavy atom. The molecular weight excluding hydrogens is 368 g/mol. The topological polar surface area (TPSA) is 129 Å². The average Bonchev–Trinajstić information content (AvgIpc) is 2.72. The molecule has 2 N–H and O–H groups in total. The summed E-state index contributed by atoms with van der Waals surface area (Å²) >= 11 is 0. The minimum Gasteiger partial charge on any atom is -0.508 e. The zero-order chi connectivity index (χ0) is 20.5. The van der Waals surface area contributed by atoms with Crippen LogP contribution in [0, 0.1) is 22.7 Å². The number of nitriles is 2. The molecule has 29 heavy (non-hydrogen) atoms. The number of anilines is 2.